The molecule has 0 saturated carbocycles. The number of hydrogen-bond donors (Lipinski definition) is 1. The molecule has 0 saturated heterocycles. The topological polar surface area (TPSA) is 55.6 Å². The second-order valence-electron chi connectivity index (χ2n) is 4.72. The van der Waals surface area contributed by atoms with Crippen LogP contribution in [0, 0.1) is 0 Å². The van der Waals surface area contributed by atoms with Crippen LogP contribution in [0.2, 0.25) is 0 Å². The highest BCUT2D eigenvalue weighted by molar-refractivity contribution is 5.10. The molecule has 2 unspecified atom stereocenters. The molecular formula is C14H21N5. The third-order valence-electron chi connectivity index (χ3n) is 3.43. The Bertz CT molecular complexity index is 494. The molecule has 2 heterocycles. The molecule has 2 aromatic rings. The van der Waals surface area contributed by atoms with Gasteiger partial charge in [0.25, 0.3) is 0 Å². The summed E-state index contributed by atoms with van der Waals surface area (Å²) in [6.45, 7) is 4.35. The highest BCUT2D eigenvalue weighted by atomic mass is 15.3. The fourth-order valence-electron chi connectivity index (χ4n) is 1.99. The van der Waals surface area contributed by atoms with Crippen molar-refractivity contribution in [2.45, 2.75) is 38.8 Å². The van der Waals surface area contributed by atoms with Crippen LogP contribution in [0.4, 0.5) is 0 Å². The number of likely N-dealkylation sites (N-methyl/N-ethyl adjacent to an activating group) is 1. The maximum absolute atomic E-state index is 4.63. The second-order valence-corrected chi connectivity index (χ2v) is 4.72. The Hall–Kier alpha value is -1.75. The van der Waals surface area contributed by atoms with Crippen LogP contribution in [0.15, 0.2) is 30.9 Å². The third kappa shape index (κ3) is 3.38. The molecule has 0 amide bonds. The molecule has 1 N–H and O–H groups in total. The van der Waals surface area contributed by atoms with Gasteiger partial charge in [-0.15, -0.1) is 0 Å². The van der Waals surface area contributed by atoms with E-state index in [4.69, 9.17) is 0 Å². The van der Waals surface area contributed by atoms with E-state index in [9.17, 15) is 0 Å². The Morgan fingerprint density at radius 2 is 2.21 bits per heavy atom. The maximum atomic E-state index is 4.63. The van der Waals surface area contributed by atoms with E-state index in [0.29, 0.717) is 6.04 Å². The van der Waals surface area contributed by atoms with E-state index in [2.05, 4.69) is 46.5 Å². The first kappa shape index (κ1) is 13.7. The van der Waals surface area contributed by atoms with E-state index >= 15 is 0 Å². The summed E-state index contributed by atoms with van der Waals surface area (Å²) in [6.07, 6.45) is 7.32. The number of rotatable bonds is 6. The Labute approximate surface area is 114 Å². The van der Waals surface area contributed by atoms with Gasteiger partial charge in [0.1, 0.15) is 6.33 Å². The molecule has 0 spiro atoms. The molecule has 0 aromatic carbocycles. The van der Waals surface area contributed by atoms with Gasteiger partial charge in [-0.05, 0) is 32.5 Å². The number of nitrogens with zero attached hydrogens (tertiary/aromatic N) is 4. The van der Waals surface area contributed by atoms with Gasteiger partial charge in [0.15, 0.2) is 0 Å². The van der Waals surface area contributed by atoms with Crippen molar-refractivity contribution in [1.29, 1.82) is 0 Å². The lowest BCUT2D eigenvalue weighted by Gasteiger charge is -2.14. The zero-order chi connectivity index (χ0) is 13.7. The fraction of sp³-hybridized carbons (Fsp3) is 0.500. The normalized spacial score (nSPS) is 14.3. The summed E-state index contributed by atoms with van der Waals surface area (Å²) < 4.78 is 2.03. The van der Waals surface area contributed by atoms with E-state index in [1.165, 1.54) is 0 Å². The van der Waals surface area contributed by atoms with E-state index < -0.39 is 0 Å². The summed E-state index contributed by atoms with van der Waals surface area (Å²) >= 11 is 0. The van der Waals surface area contributed by atoms with E-state index in [0.717, 1.165) is 24.2 Å². The Morgan fingerprint density at radius 3 is 2.84 bits per heavy atom. The number of aromatic nitrogens is 4. The van der Waals surface area contributed by atoms with Gasteiger partial charge >= 0.3 is 0 Å². The van der Waals surface area contributed by atoms with Crippen LogP contribution in [-0.2, 0) is 6.42 Å². The average Bonchev–Trinajstić information content (AvgIpc) is 2.93. The van der Waals surface area contributed by atoms with Crippen molar-refractivity contribution in [2.75, 3.05) is 7.05 Å². The van der Waals surface area contributed by atoms with Crippen molar-refractivity contribution in [3.05, 3.63) is 42.2 Å². The van der Waals surface area contributed by atoms with Crippen molar-refractivity contribution < 1.29 is 0 Å². The Kier molecular flexibility index (Phi) is 4.63. The lowest BCUT2D eigenvalue weighted by molar-refractivity contribution is 0.468. The summed E-state index contributed by atoms with van der Waals surface area (Å²) in [5.41, 5.74) is 2.08. The SMILES string of the molecule is CCC(C)n1ccc(CC(NC)c2ccncn2)n1. The Balaban J connectivity index is 2.09. The molecule has 0 fully saturated rings. The van der Waals surface area contributed by atoms with Crippen LogP contribution < -0.4 is 5.32 Å². The standard InChI is InChI=1S/C14H21N5/c1-4-11(2)19-8-6-12(18-19)9-14(15-3)13-5-7-16-10-17-13/h5-8,10-11,14-15H,4,9H2,1-3H3. The van der Waals surface area contributed by atoms with Crippen LogP contribution in [-0.4, -0.2) is 26.8 Å². The van der Waals surface area contributed by atoms with Crippen molar-refractivity contribution in [1.82, 2.24) is 25.1 Å². The van der Waals surface area contributed by atoms with Crippen LogP contribution in [0.25, 0.3) is 0 Å². The lowest BCUT2D eigenvalue weighted by Crippen LogP contribution is -2.20. The molecule has 102 valence electrons. The van der Waals surface area contributed by atoms with E-state index in [1.54, 1.807) is 12.5 Å². The quantitative estimate of drug-likeness (QED) is 0.863. The first-order chi connectivity index (χ1) is 9.24. The van der Waals surface area contributed by atoms with E-state index in [-0.39, 0.29) is 6.04 Å². The largest absolute Gasteiger partial charge is 0.311 e. The molecule has 5 heteroatoms. The van der Waals surface area contributed by atoms with Gasteiger partial charge in [0.2, 0.25) is 0 Å². The monoisotopic (exact) mass is 259 g/mol. The van der Waals surface area contributed by atoms with Gasteiger partial charge in [-0.1, -0.05) is 6.92 Å². The van der Waals surface area contributed by atoms with E-state index in [1.807, 2.05) is 17.8 Å². The first-order valence-corrected chi connectivity index (χ1v) is 6.71. The number of hydrogen-bond acceptors (Lipinski definition) is 4. The minimum atomic E-state index is 0.170. The molecule has 0 aliphatic rings. The average molecular weight is 259 g/mol. The molecule has 5 nitrogen and oxygen atoms in total. The van der Waals surface area contributed by atoms with Crippen LogP contribution >= 0.6 is 0 Å². The minimum absolute atomic E-state index is 0.170. The van der Waals surface area contributed by atoms with Crippen LogP contribution in [0.5, 0.6) is 0 Å². The van der Waals surface area contributed by atoms with Gasteiger partial charge in [0.05, 0.1) is 17.4 Å². The first-order valence-electron chi connectivity index (χ1n) is 6.71. The van der Waals surface area contributed by atoms with Crippen molar-refractivity contribution in [3.8, 4) is 0 Å². The highest BCUT2D eigenvalue weighted by Crippen LogP contribution is 2.16. The molecule has 0 aliphatic carbocycles. The fourth-order valence-corrected chi connectivity index (χ4v) is 1.99. The number of nitrogens with one attached hydrogen (secondary N) is 1. The van der Waals surface area contributed by atoms with Gasteiger partial charge in [-0.3, -0.25) is 4.68 Å². The van der Waals surface area contributed by atoms with Gasteiger partial charge < -0.3 is 5.32 Å². The summed E-state index contributed by atoms with van der Waals surface area (Å²) in [5.74, 6) is 0. The Morgan fingerprint density at radius 1 is 1.37 bits per heavy atom. The van der Waals surface area contributed by atoms with Crippen molar-refractivity contribution >= 4 is 0 Å². The maximum Gasteiger partial charge on any atom is 0.115 e. The molecule has 2 rings (SSSR count). The summed E-state index contributed by atoms with van der Waals surface area (Å²) in [7, 11) is 1.94. The summed E-state index contributed by atoms with van der Waals surface area (Å²) in [6, 6.07) is 4.63. The molecule has 0 radical (unpaired) electrons. The van der Waals surface area contributed by atoms with Crippen LogP contribution in [0.1, 0.15) is 43.7 Å². The zero-order valence-electron chi connectivity index (χ0n) is 11.7. The minimum Gasteiger partial charge on any atom is -0.311 e. The third-order valence-corrected chi connectivity index (χ3v) is 3.43. The van der Waals surface area contributed by atoms with Gasteiger partial charge in [-0.25, -0.2) is 9.97 Å². The van der Waals surface area contributed by atoms with Gasteiger partial charge in [0, 0.05) is 24.9 Å². The molecule has 0 bridgehead atoms. The molecule has 2 aromatic heterocycles. The smallest absolute Gasteiger partial charge is 0.115 e. The van der Waals surface area contributed by atoms with Gasteiger partial charge in [-0.2, -0.15) is 5.10 Å². The van der Waals surface area contributed by atoms with Crippen molar-refractivity contribution in [2.24, 2.45) is 0 Å². The molecule has 0 aliphatic heterocycles. The summed E-state index contributed by atoms with van der Waals surface area (Å²) in [5, 5.41) is 7.91. The highest BCUT2D eigenvalue weighted by Gasteiger charge is 2.13. The zero-order valence-corrected chi connectivity index (χ0v) is 11.7. The predicted octanol–water partition coefficient (Wildman–Crippen LogP) is 2.15. The second kappa shape index (κ2) is 6.43. The summed E-state index contributed by atoms with van der Waals surface area (Å²) in [4.78, 5) is 8.24. The molecular weight excluding hydrogens is 238 g/mol. The van der Waals surface area contributed by atoms with Crippen LogP contribution in [0.3, 0.4) is 0 Å². The lowest BCUT2D eigenvalue weighted by atomic mass is 10.1. The molecule has 19 heavy (non-hydrogen) atoms. The predicted molar refractivity (Wildman–Crippen MR) is 74.8 cm³/mol. The van der Waals surface area contributed by atoms with Crippen molar-refractivity contribution in [3.63, 3.8) is 0 Å². The molecule has 2 atom stereocenters.